The molecule has 2 aromatic carbocycles. The molecule has 0 bridgehead atoms. The van der Waals surface area contributed by atoms with E-state index in [9.17, 15) is 14.4 Å². The van der Waals surface area contributed by atoms with Crippen LogP contribution in [-0.4, -0.2) is 35.5 Å². The van der Waals surface area contributed by atoms with E-state index in [1.807, 2.05) is 48.5 Å². The molecule has 7 nitrogen and oxygen atoms in total. The van der Waals surface area contributed by atoms with E-state index in [0.717, 1.165) is 16.5 Å². The van der Waals surface area contributed by atoms with Gasteiger partial charge in [0.1, 0.15) is 19.3 Å². The predicted octanol–water partition coefficient (Wildman–Crippen LogP) is 3.21. The van der Waals surface area contributed by atoms with E-state index >= 15 is 0 Å². The average molecular weight is 380 g/mol. The van der Waals surface area contributed by atoms with Crippen molar-refractivity contribution in [2.24, 2.45) is 0 Å². The highest BCUT2D eigenvalue weighted by atomic mass is 16.6. The number of alkyl carbamates (subject to hydrolysis) is 1. The van der Waals surface area contributed by atoms with E-state index in [4.69, 9.17) is 9.47 Å². The Labute approximate surface area is 161 Å². The molecule has 0 fully saturated rings. The number of hydrogen-bond acceptors (Lipinski definition) is 5. The molecule has 28 heavy (non-hydrogen) atoms. The second kappa shape index (κ2) is 8.85. The van der Waals surface area contributed by atoms with Crippen LogP contribution >= 0.6 is 0 Å². The first-order valence-electron chi connectivity index (χ1n) is 8.75. The molecule has 0 saturated carbocycles. The van der Waals surface area contributed by atoms with Crippen molar-refractivity contribution >= 4 is 28.7 Å². The zero-order valence-electron chi connectivity index (χ0n) is 15.3. The molecular formula is C21H20N2O5. The number of ether oxygens (including phenoxy) is 2. The van der Waals surface area contributed by atoms with E-state index in [2.05, 4.69) is 10.3 Å². The third kappa shape index (κ3) is 4.76. The van der Waals surface area contributed by atoms with Crippen LogP contribution < -0.4 is 5.32 Å². The predicted molar refractivity (Wildman–Crippen MR) is 103 cm³/mol. The van der Waals surface area contributed by atoms with Crippen LogP contribution in [0.25, 0.3) is 10.9 Å². The number of carbonyl (C=O) groups is 3. The number of Topliss-reactive ketones (excluding diaryl/α,β-unsaturated/α-hetero) is 1. The number of aromatic nitrogens is 1. The van der Waals surface area contributed by atoms with Crippen LogP contribution in [-0.2, 0) is 20.9 Å². The van der Waals surface area contributed by atoms with Gasteiger partial charge >= 0.3 is 12.1 Å². The summed E-state index contributed by atoms with van der Waals surface area (Å²) in [6, 6.07) is 15.4. The Balaban J connectivity index is 1.71. The van der Waals surface area contributed by atoms with Gasteiger partial charge in [0.15, 0.2) is 5.78 Å². The van der Waals surface area contributed by atoms with Crippen LogP contribution in [0.1, 0.15) is 22.8 Å². The van der Waals surface area contributed by atoms with Gasteiger partial charge in [-0.3, -0.25) is 9.59 Å². The first-order chi connectivity index (χ1) is 13.5. The minimum atomic E-state index is -1.06. The van der Waals surface area contributed by atoms with E-state index in [-0.39, 0.29) is 19.0 Å². The number of carbonyl (C=O) groups excluding carboxylic acids is 3. The van der Waals surface area contributed by atoms with Crippen LogP contribution in [0.5, 0.6) is 0 Å². The summed E-state index contributed by atoms with van der Waals surface area (Å²) in [6.45, 7) is 1.02. The fourth-order valence-electron chi connectivity index (χ4n) is 2.75. The quantitative estimate of drug-likeness (QED) is 0.485. The fraction of sp³-hybridized carbons (Fsp3) is 0.190. The molecule has 2 N–H and O–H groups in total. The van der Waals surface area contributed by atoms with Gasteiger partial charge in [0, 0.05) is 29.6 Å². The summed E-state index contributed by atoms with van der Waals surface area (Å²) < 4.78 is 10.1. The minimum absolute atomic E-state index is 0.0637. The highest BCUT2D eigenvalue weighted by Crippen LogP contribution is 2.19. The number of H-pyrrole nitrogens is 1. The Morgan fingerprint density at radius 2 is 1.71 bits per heavy atom. The minimum Gasteiger partial charge on any atom is -0.463 e. The number of benzene rings is 2. The molecule has 0 saturated heterocycles. The molecule has 1 aromatic heterocycles. The van der Waals surface area contributed by atoms with Crippen LogP contribution in [0.2, 0.25) is 0 Å². The molecule has 144 valence electrons. The second-order valence-corrected chi connectivity index (χ2v) is 6.17. The highest BCUT2D eigenvalue weighted by molar-refractivity contribution is 6.11. The van der Waals surface area contributed by atoms with Gasteiger partial charge < -0.3 is 19.8 Å². The Morgan fingerprint density at radius 1 is 1.00 bits per heavy atom. The lowest BCUT2D eigenvalue weighted by molar-refractivity contribution is -0.141. The number of fused-ring (bicyclic) bond motifs is 1. The van der Waals surface area contributed by atoms with Gasteiger partial charge in [-0.2, -0.15) is 0 Å². The lowest BCUT2D eigenvalue weighted by atomic mass is 10.0. The maximum Gasteiger partial charge on any atom is 0.408 e. The first-order valence-corrected chi connectivity index (χ1v) is 8.75. The number of ketones is 1. The summed E-state index contributed by atoms with van der Waals surface area (Å²) in [5, 5.41) is 3.22. The van der Waals surface area contributed by atoms with Gasteiger partial charge in [0.25, 0.3) is 0 Å². The number of para-hydroxylation sites is 1. The summed E-state index contributed by atoms with van der Waals surface area (Å²) >= 11 is 0. The van der Waals surface area contributed by atoms with Gasteiger partial charge in [0.2, 0.25) is 0 Å². The SMILES string of the molecule is CC(=O)OC[C@@H](NC(=O)OCc1ccccc1)C(=O)c1c[nH]c2ccccc12. The molecule has 0 aliphatic carbocycles. The summed E-state index contributed by atoms with van der Waals surface area (Å²) in [5.41, 5.74) is 2.01. The molecule has 0 spiro atoms. The lowest BCUT2D eigenvalue weighted by Crippen LogP contribution is -2.44. The molecule has 0 aliphatic rings. The number of nitrogens with one attached hydrogen (secondary N) is 2. The number of aromatic amines is 1. The number of hydrogen-bond donors (Lipinski definition) is 2. The monoisotopic (exact) mass is 380 g/mol. The van der Waals surface area contributed by atoms with Crippen LogP contribution in [0, 0.1) is 0 Å². The van der Waals surface area contributed by atoms with E-state index in [1.54, 1.807) is 12.3 Å². The summed E-state index contributed by atoms with van der Waals surface area (Å²) in [4.78, 5) is 39.3. The number of rotatable bonds is 7. The normalized spacial score (nSPS) is 11.6. The van der Waals surface area contributed by atoms with Crippen molar-refractivity contribution in [2.75, 3.05) is 6.61 Å². The fourth-order valence-corrected chi connectivity index (χ4v) is 2.75. The first kappa shape index (κ1) is 19.2. The van der Waals surface area contributed by atoms with Crippen molar-refractivity contribution < 1.29 is 23.9 Å². The van der Waals surface area contributed by atoms with Gasteiger partial charge in [-0.1, -0.05) is 48.5 Å². The Bertz CT molecular complexity index is 981. The molecule has 1 heterocycles. The van der Waals surface area contributed by atoms with Crippen LogP contribution in [0.4, 0.5) is 4.79 Å². The van der Waals surface area contributed by atoms with Crippen molar-refractivity contribution in [2.45, 2.75) is 19.6 Å². The highest BCUT2D eigenvalue weighted by Gasteiger charge is 2.26. The molecule has 1 atom stereocenters. The second-order valence-electron chi connectivity index (χ2n) is 6.17. The van der Waals surface area contributed by atoms with E-state index < -0.39 is 18.1 Å². The summed E-state index contributed by atoms with van der Waals surface area (Å²) in [5.74, 6) is -0.924. The van der Waals surface area contributed by atoms with Crippen molar-refractivity contribution in [3.63, 3.8) is 0 Å². The molecule has 0 unspecified atom stereocenters. The average Bonchev–Trinajstić information content (AvgIpc) is 3.14. The van der Waals surface area contributed by atoms with Crippen molar-refractivity contribution in [3.8, 4) is 0 Å². The Morgan fingerprint density at radius 3 is 2.46 bits per heavy atom. The van der Waals surface area contributed by atoms with Gasteiger partial charge in [-0.25, -0.2) is 4.79 Å². The topological polar surface area (TPSA) is 97.5 Å². The maximum absolute atomic E-state index is 13.0. The Kier molecular flexibility index (Phi) is 6.06. The number of esters is 1. The van der Waals surface area contributed by atoms with Gasteiger partial charge in [-0.15, -0.1) is 0 Å². The maximum atomic E-state index is 13.0. The molecular weight excluding hydrogens is 360 g/mol. The smallest absolute Gasteiger partial charge is 0.408 e. The Hall–Kier alpha value is -3.61. The largest absolute Gasteiger partial charge is 0.463 e. The molecule has 0 radical (unpaired) electrons. The summed E-state index contributed by atoms with van der Waals surface area (Å²) in [6.07, 6.45) is 0.805. The summed E-state index contributed by atoms with van der Waals surface area (Å²) in [7, 11) is 0. The third-order valence-electron chi connectivity index (χ3n) is 4.13. The zero-order valence-corrected chi connectivity index (χ0v) is 15.3. The van der Waals surface area contributed by atoms with Gasteiger partial charge in [0.05, 0.1) is 0 Å². The number of amides is 1. The lowest BCUT2D eigenvalue weighted by Gasteiger charge is -2.17. The molecule has 1 amide bonds. The van der Waals surface area contributed by atoms with Crippen LogP contribution in [0.3, 0.4) is 0 Å². The van der Waals surface area contributed by atoms with Crippen molar-refractivity contribution in [1.29, 1.82) is 0 Å². The molecule has 3 rings (SSSR count). The molecule has 7 heteroatoms. The standard InChI is InChI=1S/C21H20N2O5/c1-14(24)27-13-19(23-21(26)28-12-15-7-3-2-4-8-15)20(25)17-11-22-18-10-6-5-9-16(17)18/h2-11,19,22H,12-13H2,1H3,(H,23,26)/t19-/m1/s1. The van der Waals surface area contributed by atoms with Gasteiger partial charge in [-0.05, 0) is 11.6 Å². The third-order valence-corrected chi connectivity index (χ3v) is 4.13. The molecule has 3 aromatic rings. The van der Waals surface area contributed by atoms with E-state index in [0.29, 0.717) is 5.56 Å². The van der Waals surface area contributed by atoms with Crippen LogP contribution in [0.15, 0.2) is 60.8 Å². The van der Waals surface area contributed by atoms with Crippen molar-refractivity contribution in [1.82, 2.24) is 10.3 Å². The zero-order chi connectivity index (χ0) is 19.9. The molecule has 0 aliphatic heterocycles. The van der Waals surface area contributed by atoms with Crippen molar-refractivity contribution in [3.05, 3.63) is 71.9 Å². The van der Waals surface area contributed by atoms with E-state index in [1.165, 1.54) is 6.92 Å².